The SMILES string of the molecule is COC(=O)c1cc2c(cc1C(=O)OC)-c1nc-2c(-c2ccccc2)c2ccc([nH]2)c(-c2ccccc2)c2nc(c(-c3ccccc3)c3ccc([nH]3)c1-c1ccccc1)C=C2. The van der Waals surface area contributed by atoms with Gasteiger partial charge in [0, 0.05) is 55.4 Å². The fourth-order valence-electron chi connectivity index (χ4n) is 8.32. The second-order valence-corrected chi connectivity index (χ2v) is 14.5. The Bertz CT molecular complexity index is 2980. The zero-order chi connectivity index (χ0) is 40.7. The molecule has 2 aliphatic rings. The largest absolute Gasteiger partial charge is 0.465 e. The van der Waals surface area contributed by atoms with Gasteiger partial charge in [-0.3, -0.25) is 0 Å². The van der Waals surface area contributed by atoms with Crippen molar-refractivity contribution in [2.75, 3.05) is 14.2 Å². The number of ether oxygens (including phenoxy) is 2. The van der Waals surface area contributed by atoms with Crippen LogP contribution in [0.1, 0.15) is 32.1 Å². The maximum atomic E-state index is 13.5. The van der Waals surface area contributed by atoms with Gasteiger partial charge in [0.05, 0.1) is 48.1 Å². The van der Waals surface area contributed by atoms with Gasteiger partial charge >= 0.3 is 11.9 Å². The smallest absolute Gasteiger partial charge is 0.338 e. The second-order valence-electron chi connectivity index (χ2n) is 14.5. The molecule has 2 aliphatic heterocycles. The highest BCUT2D eigenvalue weighted by Gasteiger charge is 2.30. The Hall–Kier alpha value is -8.10. The summed E-state index contributed by atoms with van der Waals surface area (Å²) in [4.78, 5) is 45.5. The van der Waals surface area contributed by atoms with Crippen molar-refractivity contribution < 1.29 is 19.1 Å². The average molecular weight is 781 g/mol. The van der Waals surface area contributed by atoms with Gasteiger partial charge in [-0.2, -0.15) is 0 Å². The van der Waals surface area contributed by atoms with Crippen molar-refractivity contribution in [3.05, 3.63) is 180 Å². The van der Waals surface area contributed by atoms with Gasteiger partial charge in [0.15, 0.2) is 0 Å². The van der Waals surface area contributed by atoms with Crippen LogP contribution in [0.4, 0.5) is 0 Å². The van der Waals surface area contributed by atoms with Crippen molar-refractivity contribution in [2.45, 2.75) is 0 Å². The molecule has 3 aromatic heterocycles. The number of aromatic amines is 2. The Balaban J connectivity index is 1.47. The number of hydrogen-bond donors (Lipinski definition) is 2. The van der Waals surface area contributed by atoms with Crippen molar-refractivity contribution in [2.24, 2.45) is 0 Å². The molecular weight excluding hydrogens is 745 g/mol. The molecule has 8 aromatic rings. The molecule has 0 spiro atoms. The first-order chi connectivity index (χ1) is 29.5. The first-order valence-corrected chi connectivity index (χ1v) is 19.6. The van der Waals surface area contributed by atoms with E-state index in [2.05, 4.69) is 70.7 Å². The summed E-state index contributed by atoms with van der Waals surface area (Å²) in [6.07, 6.45) is 4.16. The Kier molecular flexibility index (Phi) is 9.07. The van der Waals surface area contributed by atoms with E-state index in [1.165, 1.54) is 14.2 Å². The van der Waals surface area contributed by atoms with Crippen LogP contribution in [0.2, 0.25) is 0 Å². The Labute approximate surface area is 345 Å². The molecule has 0 radical (unpaired) electrons. The van der Waals surface area contributed by atoms with Gasteiger partial charge in [-0.15, -0.1) is 0 Å². The van der Waals surface area contributed by atoms with Gasteiger partial charge in [-0.05, 0) is 70.8 Å². The van der Waals surface area contributed by atoms with E-state index >= 15 is 0 Å². The van der Waals surface area contributed by atoms with Crippen molar-refractivity contribution >= 4 is 46.2 Å². The van der Waals surface area contributed by atoms with Gasteiger partial charge < -0.3 is 19.4 Å². The number of hydrogen-bond acceptors (Lipinski definition) is 6. The van der Waals surface area contributed by atoms with Crippen LogP contribution in [0.5, 0.6) is 0 Å². The van der Waals surface area contributed by atoms with Gasteiger partial charge in [0.1, 0.15) is 0 Å². The van der Waals surface area contributed by atoms with Crippen LogP contribution >= 0.6 is 0 Å². The fourth-order valence-corrected chi connectivity index (χ4v) is 8.32. The number of fused-ring (bicyclic) bond motifs is 11. The van der Waals surface area contributed by atoms with E-state index in [9.17, 15) is 9.59 Å². The van der Waals surface area contributed by atoms with Gasteiger partial charge in [0.2, 0.25) is 0 Å². The Morgan fingerprint density at radius 2 is 0.733 bits per heavy atom. The number of H-pyrrole nitrogens is 2. The molecule has 0 saturated carbocycles. The summed E-state index contributed by atoms with van der Waals surface area (Å²) < 4.78 is 10.5. The van der Waals surface area contributed by atoms with E-state index in [0.29, 0.717) is 22.5 Å². The van der Waals surface area contributed by atoms with Crippen LogP contribution in [0.3, 0.4) is 0 Å². The summed E-state index contributed by atoms with van der Waals surface area (Å²) in [5, 5.41) is 0. The molecule has 0 amide bonds. The summed E-state index contributed by atoms with van der Waals surface area (Å²) in [5.74, 6) is -1.33. The first kappa shape index (κ1) is 36.3. The van der Waals surface area contributed by atoms with Crippen LogP contribution in [0.15, 0.2) is 158 Å². The molecule has 0 aliphatic carbocycles. The van der Waals surface area contributed by atoms with E-state index in [1.54, 1.807) is 12.1 Å². The lowest BCUT2D eigenvalue weighted by Gasteiger charge is -2.12. The van der Waals surface area contributed by atoms with E-state index in [-0.39, 0.29) is 11.1 Å². The lowest BCUT2D eigenvalue weighted by molar-refractivity contribution is 0.0555. The van der Waals surface area contributed by atoms with Gasteiger partial charge in [-0.1, -0.05) is 121 Å². The molecule has 0 atom stereocenters. The maximum absolute atomic E-state index is 13.5. The number of rotatable bonds is 6. The summed E-state index contributed by atoms with van der Waals surface area (Å²) in [6, 6.07) is 52.3. The molecule has 8 heteroatoms. The minimum atomic E-state index is -0.665. The third kappa shape index (κ3) is 6.18. The quantitative estimate of drug-likeness (QED) is 0.163. The highest BCUT2D eigenvalue weighted by molar-refractivity contribution is 6.11. The van der Waals surface area contributed by atoms with Crippen molar-refractivity contribution in [1.29, 1.82) is 0 Å². The number of nitrogens with one attached hydrogen (secondary N) is 2. The molecule has 288 valence electrons. The minimum absolute atomic E-state index is 0.0746. The average Bonchev–Trinajstić information content (AvgIpc) is 4.14. The number of benzene rings is 5. The lowest BCUT2D eigenvalue weighted by Crippen LogP contribution is -2.12. The molecule has 5 heterocycles. The molecule has 5 aromatic carbocycles. The van der Waals surface area contributed by atoms with Crippen LogP contribution in [0, 0.1) is 0 Å². The van der Waals surface area contributed by atoms with Crippen LogP contribution in [0.25, 0.3) is 101 Å². The summed E-state index contributed by atoms with van der Waals surface area (Å²) in [5.41, 5.74) is 14.9. The number of esters is 2. The zero-order valence-corrected chi connectivity index (χ0v) is 32.7. The molecule has 60 heavy (non-hydrogen) atoms. The number of nitrogens with zero attached hydrogens (tertiary/aromatic N) is 2. The Morgan fingerprint density at radius 3 is 1.07 bits per heavy atom. The van der Waals surface area contributed by atoms with Gasteiger partial charge in [-0.25, -0.2) is 19.6 Å². The monoisotopic (exact) mass is 780 g/mol. The van der Waals surface area contributed by atoms with E-state index in [0.717, 1.165) is 78.0 Å². The highest BCUT2D eigenvalue weighted by Crippen LogP contribution is 2.48. The van der Waals surface area contributed by atoms with Gasteiger partial charge in [0.25, 0.3) is 0 Å². The predicted molar refractivity (Wildman–Crippen MR) is 239 cm³/mol. The molecule has 0 saturated heterocycles. The third-order valence-corrected chi connectivity index (χ3v) is 11.0. The number of carbonyl (C=O) groups is 2. The Morgan fingerprint density at radius 1 is 0.417 bits per heavy atom. The highest BCUT2D eigenvalue weighted by atomic mass is 16.5. The number of aromatic nitrogens is 4. The summed E-state index contributed by atoms with van der Waals surface area (Å²) in [7, 11) is 2.60. The van der Waals surface area contributed by atoms with Crippen LogP contribution in [-0.2, 0) is 9.47 Å². The zero-order valence-electron chi connectivity index (χ0n) is 32.7. The number of carbonyl (C=O) groups excluding carboxylic acids is 2. The first-order valence-electron chi connectivity index (χ1n) is 19.6. The minimum Gasteiger partial charge on any atom is -0.465 e. The van der Waals surface area contributed by atoms with Crippen molar-refractivity contribution in [3.63, 3.8) is 0 Å². The molecule has 8 nitrogen and oxygen atoms in total. The fraction of sp³-hybridized carbons (Fsp3) is 0.0385. The molecule has 2 N–H and O–H groups in total. The molecular formula is C52H36N4O4. The van der Waals surface area contributed by atoms with Crippen molar-refractivity contribution in [3.8, 4) is 67.0 Å². The predicted octanol–water partition coefficient (Wildman–Crippen LogP) is 12.1. The second kappa shape index (κ2) is 15.0. The summed E-state index contributed by atoms with van der Waals surface area (Å²) >= 11 is 0. The van der Waals surface area contributed by atoms with E-state index in [4.69, 9.17) is 19.4 Å². The third-order valence-electron chi connectivity index (χ3n) is 11.0. The van der Waals surface area contributed by atoms with Crippen LogP contribution in [-0.4, -0.2) is 46.1 Å². The molecule has 0 unspecified atom stereocenters. The van der Waals surface area contributed by atoms with Crippen LogP contribution < -0.4 is 0 Å². The topological polar surface area (TPSA) is 110 Å². The lowest BCUT2D eigenvalue weighted by atomic mass is 9.91. The molecule has 10 rings (SSSR count). The maximum Gasteiger partial charge on any atom is 0.338 e. The number of methoxy groups -OCH3 is 2. The van der Waals surface area contributed by atoms with E-state index in [1.807, 2.05) is 97.1 Å². The summed E-state index contributed by atoms with van der Waals surface area (Å²) in [6.45, 7) is 0. The standard InChI is InChI=1S/C52H36N4O4/c1-59-51(57)37-29-35-36(30-38(37)52(58)60-2)50-48(34-21-13-6-14-22-34)44-28-26-42(55-44)46(32-17-9-4-10-18-32)40-24-23-39(53-40)45(31-15-7-3-8-16-31)41-25-27-43(54-41)47(49(35)56-50)33-19-11-5-12-20-33/h3-30,54-55H,1-2H3. The molecule has 0 fully saturated rings. The van der Waals surface area contributed by atoms with Crippen molar-refractivity contribution in [1.82, 2.24) is 19.9 Å². The molecule has 8 bridgehead atoms. The van der Waals surface area contributed by atoms with E-state index < -0.39 is 11.9 Å². The normalized spacial score (nSPS) is 11.6.